The number of nitriles is 1. The van der Waals surface area contributed by atoms with E-state index in [1.54, 1.807) is 18.2 Å². The Kier molecular flexibility index (Phi) is 3.62. The number of carbonyl (C=O) groups is 1. The molecule has 1 unspecified atom stereocenters. The number of carbonyl (C=O) groups excluding carboxylic acids is 1. The van der Waals surface area contributed by atoms with E-state index in [1.165, 1.54) is 0 Å². The molecule has 1 amide bonds. The molecular formula is C12H11ClN2O2. The molecule has 0 saturated carbocycles. The van der Waals surface area contributed by atoms with Crippen LogP contribution in [0.1, 0.15) is 18.4 Å². The maximum Gasteiger partial charge on any atom is 0.253 e. The zero-order chi connectivity index (χ0) is 12.3. The Labute approximate surface area is 104 Å². The Hall–Kier alpha value is -1.57. The number of hydrogen-bond acceptors (Lipinski definition) is 3. The van der Waals surface area contributed by atoms with E-state index in [1.807, 2.05) is 6.07 Å². The van der Waals surface area contributed by atoms with Crippen molar-refractivity contribution in [1.29, 1.82) is 5.26 Å². The summed E-state index contributed by atoms with van der Waals surface area (Å²) in [5, 5.41) is 11.9. The predicted molar refractivity (Wildman–Crippen MR) is 63.8 cm³/mol. The highest BCUT2D eigenvalue weighted by Gasteiger charge is 2.23. The van der Waals surface area contributed by atoms with E-state index >= 15 is 0 Å². The molecule has 1 heterocycles. The minimum Gasteiger partial charge on any atom is -0.368 e. The number of amides is 1. The van der Waals surface area contributed by atoms with Gasteiger partial charge in [0.2, 0.25) is 0 Å². The van der Waals surface area contributed by atoms with Gasteiger partial charge in [-0.2, -0.15) is 5.26 Å². The number of halogens is 1. The summed E-state index contributed by atoms with van der Waals surface area (Å²) in [5.41, 5.74) is 0.906. The number of nitrogens with one attached hydrogen (secondary N) is 1. The smallest absolute Gasteiger partial charge is 0.253 e. The first-order chi connectivity index (χ1) is 8.20. The second kappa shape index (κ2) is 5.17. The van der Waals surface area contributed by atoms with E-state index in [0.29, 0.717) is 22.9 Å². The zero-order valence-corrected chi connectivity index (χ0v) is 9.83. The highest BCUT2D eigenvalue weighted by Crippen LogP contribution is 2.21. The number of hydrogen-bond donors (Lipinski definition) is 1. The molecule has 1 saturated heterocycles. The summed E-state index contributed by atoms with van der Waals surface area (Å²) < 4.78 is 5.26. The monoisotopic (exact) mass is 250 g/mol. The molecule has 1 N–H and O–H groups in total. The fraction of sp³-hybridized carbons (Fsp3) is 0.333. The van der Waals surface area contributed by atoms with Gasteiger partial charge in [0.05, 0.1) is 10.6 Å². The summed E-state index contributed by atoms with van der Waals surface area (Å²) in [4.78, 5) is 11.7. The maximum atomic E-state index is 11.7. The van der Waals surface area contributed by atoms with E-state index in [0.717, 1.165) is 12.8 Å². The standard InChI is InChI=1S/C12H11ClN2O2/c13-10-4-3-9(6-8(10)7-14)15-12(16)11-2-1-5-17-11/h3-4,6,11H,1-2,5H2,(H,15,16). The normalized spacial score (nSPS) is 18.7. The van der Waals surface area contributed by atoms with Gasteiger partial charge in [-0.1, -0.05) is 11.6 Å². The molecule has 5 heteroatoms. The molecule has 0 radical (unpaired) electrons. The van der Waals surface area contributed by atoms with Gasteiger partial charge in [-0.15, -0.1) is 0 Å². The number of rotatable bonds is 2. The largest absolute Gasteiger partial charge is 0.368 e. The Balaban J connectivity index is 2.08. The van der Waals surface area contributed by atoms with Crippen LogP contribution in [0.4, 0.5) is 5.69 Å². The van der Waals surface area contributed by atoms with Crippen LogP contribution in [0.15, 0.2) is 18.2 Å². The quantitative estimate of drug-likeness (QED) is 0.876. The average molecular weight is 251 g/mol. The van der Waals surface area contributed by atoms with Crippen molar-refractivity contribution < 1.29 is 9.53 Å². The first kappa shape index (κ1) is 11.9. The van der Waals surface area contributed by atoms with Crippen LogP contribution in [0.3, 0.4) is 0 Å². The van der Waals surface area contributed by atoms with Gasteiger partial charge < -0.3 is 10.1 Å². The van der Waals surface area contributed by atoms with Crippen molar-refractivity contribution >= 4 is 23.2 Å². The van der Waals surface area contributed by atoms with E-state index in [9.17, 15) is 4.79 Å². The third-order valence-electron chi connectivity index (χ3n) is 2.58. The molecule has 17 heavy (non-hydrogen) atoms. The molecule has 0 aromatic heterocycles. The van der Waals surface area contributed by atoms with Crippen LogP contribution in [-0.4, -0.2) is 18.6 Å². The summed E-state index contributed by atoms with van der Waals surface area (Å²) >= 11 is 5.80. The third-order valence-corrected chi connectivity index (χ3v) is 2.91. The van der Waals surface area contributed by atoms with Gasteiger partial charge in [0, 0.05) is 12.3 Å². The highest BCUT2D eigenvalue weighted by molar-refractivity contribution is 6.31. The van der Waals surface area contributed by atoms with Gasteiger partial charge in [0.25, 0.3) is 5.91 Å². The molecule has 1 aliphatic heterocycles. The van der Waals surface area contributed by atoms with Gasteiger partial charge in [-0.3, -0.25) is 4.79 Å². The first-order valence-corrected chi connectivity index (χ1v) is 5.70. The van der Waals surface area contributed by atoms with Crippen molar-refractivity contribution in [2.75, 3.05) is 11.9 Å². The number of nitrogens with zero attached hydrogens (tertiary/aromatic N) is 1. The molecule has 2 rings (SSSR count). The lowest BCUT2D eigenvalue weighted by Crippen LogP contribution is -2.26. The number of ether oxygens (including phenoxy) is 1. The lowest BCUT2D eigenvalue weighted by Gasteiger charge is -2.10. The third kappa shape index (κ3) is 2.76. The van der Waals surface area contributed by atoms with Crippen LogP contribution in [0, 0.1) is 11.3 Å². The first-order valence-electron chi connectivity index (χ1n) is 5.33. The SMILES string of the molecule is N#Cc1cc(NC(=O)C2CCCO2)ccc1Cl. The van der Waals surface area contributed by atoms with Gasteiger partial charge in [0.1, 0.15) is 12.2 Å². The molecule has 0 aliphatic carbocycles. The zero-order valence-electron chi connectivity index (χ0n) is 9.07. The molecule has 0 spiro atoms. The van der Waals surface area contributed by atoms with Crippen LogP contribution < -0.4 is 5.32 Å². The van der Waals surface area contributed by atoms with Crippen LogP contribution in [-0.2, 0) is 9.53 Å². The Bertz CT molecular complexity index is 476. The molecule has 1 fully saturated rings. The molecule has 1 aromatic rings. The van der Waals surface area contributed by atoms with Crippen molar-refractivity contribution in [1.82, 2.24) is 0 Å². The Morgan fingerprint density at radius 1 is 1.59 bits per heavy atom. The average Bonchev–Trinajstić information content (AvgIpc) is 2.85. The number of benzene rings is 1. The maximum absolute atomic E-state index is 11.7. The summed E-state index contributed by atoms with van der Waals surface area (Å²) in [6.07, 6.45) is 1.27. The van der Waals surface area contributed by atoms with Crippen molar-refractivity contribution in [3.63, 3.8) is 0 Å². The molecular weight excluding hydrogens is 240 g/mol. The van der Waals surface area contributed by atoms with Crippen LogP contribution >= 0.6 is 11.6 Å². The van der Waals surface area contributed by atoms with Gasteiger partial charge in [-0.05, 0) is 31.0 Å². The molecule has 1 aliphatic rings. The Morgan fingerprint density at radius 3 is 3.06 bits per heavy atom. The van der Waals surface area contributed by atoms with Crippen LogP contribution in [0.25, 0.3) is 0 Å². The summed E-state index contributed by atoms with van der Waals surface area (Å²) in [7, 11) is 0. The van der Waals surface area contributed by atoms with E-state index < -0.39 is 0 Å². The van der Waals surface area contributed by atoms with Crippen LogP contribution in [0.2, 0.25) is 5.02 Å². The summed E-state index contributed by atoms with van der Waals surface area (Å²) in [6, 6.07) is 6.77. The molecule has 4 nitrogen and oxygen atoms in total. The van der Waals surface area contributed by atoms with E-state index in [2.05, 4.69) is 5.32 Å². The summed E-state index contributed by atoms with van der Waals surface area (Å²) in [6.45, 7) is 0.627. The second-order valence-corrected chi connectivity index (χ2v) is 4.20. The van der Waals surface area contributed by atoms with Crippen LogP contribution in [0.5, 0.6) is 0 Å². The number of anilines is 1. The molecule has 1 aromatic carbocycles. The predicted octanol–water partition coefficient (Wildman–Crippen LogP) is 2.33. The van der Waals surface area contributed by atoms with Crippen molar-refractivity contribution in [3.8, 4) is 6.07 Å². The lowest BCUT2D eigenvalue weighted by atomic mass is 10.2. The molecule has 88 valence electrons. The second-order valence-electron chi connectivity index (χ2n) is 3.80. The topological polar surface area (TPSA) is 62.1 Å². The van der Waals surface area contributed by atoms with Crippen molar-refractivity contribution in [2.24, 2.45) is 0 Å². The minimum atomic E-state index is -0.379. The van der Waals surface area contributed by atoms with E-state index in [4.69, 9.17) is 21.6 Å². The fourth-order valence-corrected chi connectivity index (χ4v) is 1.86. The highest BCUT2D eigenvalue weighted by atomic mass is 35.5. The summed E-state index contributed by atoms with van der Waals surface area (Å²) in [5.74, 6) is -0.172. The van der Waals surface area contributed by atoms with Gasteiger partial charge in [-0.25, -0.2) is 0 Å². The van der Waals surface area contributed by atoms with Crippen molar-refractivity contribution in [2.45, 2.75) is 18.9 Å². The van der Waals surface area contributed by atoms with Crippen molar-refractivity contribution in [3.05, 3.63) is 28.8 Å². The molecule has 1 atom stereocenters. The lowest BCUT2D eigenvalue weighted by molar-refractivity contribution is -0.124. The molecule has 0 bridgehead atoms. The Morgan fingerprint density at radius 2 is 2.41 bits per heavy atom. The fourth-order valence-electron chi connectivity index (χ4n) is 1.70. The van der Waals surface area contributed by atoms with E-state index in [-0.39, 0.29) is 12.0 Å². The van der Waals surface area contributed by atoms with Gasteiger partial charge in [0.15, 0.2) is 0 Å². The minimum absolute atomic E-state index is 0.172. The van der Waals surface area contributed by atoms with Gasteiger partial charge >= 0.3 is 0 Å².